The average Bonchev–Trinajstić information content (AvgIpc) is 2.48. The van der Waals surface area contributed by atoms with Crippen molar-refractivity contribution < 1.29 is 4.74 Å². The van der Waals surface area contributed by atoms with E-state index in [0.29, 0.717) is 0 Å². The zero-order chi connectivity index (χ0) is 15.1. The van der Waals surface area contributed by atoms with E-state index in [1.165, 1.54) is 35.6 Å². The van der Waals surface area contributed by atoms with Crippen molar-refractivity contribution in [3.8, 4) is 5.75 Å². The van der Waals surface area contributed by atoms with E-state index in [9.17, 15) is 0 Å². The van der Waals surface area contributed by atoms with Crippen molar-refractivity contribution in [2.45, 2.75) is 52.7 Å². The third-order valence-electron chi connectivity index (χ3n) is 3.62. The highest BCUT2D eigenvalue weighted by Gasteiger charge is 2.09. The van der Waals surface area contributed by atoms with Crippen LogP contribution in [0.25, 0.3) is 10.8 Å². The Bertz CT molecular complexity index is 562. The van der Waals surface area contributed by atoms with E-state index < -0.39 is 0 Å². The Labute approximate surface area is 128 Å². The van der Waals surface area contributed by atoms with E-state index in [0.717, 1.165) is 18.8 Å². The molecule has 0 atom stereocenters. The Morgan fingerprint density at radius 3 is 2.62 bits per heavy atom. The first-order valence-electron chi connectivity index (χ1n) is 8.10. The molecule has 0 radical (unpaired) electrons. The highest BCUT2D eigenvalue weighted by atomic mass is 16.5. The van der Waals surface area contributed by atoms with Crippen LogP contribution in [0.5, 0.6) is 5.75 Å². The standard InChI is InChI=1S/C19H27NO/c1-4-5-8-13-20-14-18-17-10-7-6-9-16(17)11-12-19(18)21-15(2)3/h6-7,9-12,15,20H,4-5,8,13-14H2,1-3H3. The Kier molecular flexibility index (Phi) is 6.06. The highest BCUT2D eigenvalue weighted by Crippen LogP contribution is 2.28. The molecule has 0 fully saturated rings. The van der Waals surface area contributed by atoms with Crippen molar-refractivity contribution in [3.05, 3.63) is 42.0 Å². The second-order valence-corrected chi connectivity index (χ2v) is 5.81. The molecule has 0 saturated carbocycles. The van der Waals surface area contributed by atoms with Gasteiger partial charge in [-0.2, -0.15) is 0 Å². The second kappa shape index (κ2) is 8.04. The lowest BCUT2D eigenvalue weighted by atomic mass is 10.0. The Hall–Kier alpha value is -1.54. The molecule has 0 spiro atoms. The molecular formula is C19H27NO. The molecule has 0 aliphatic heterocycles. The van der Waals surface area contributed by atoms with Gasteiger partial charge in [-0.3, -0.25) is 0 Å². The van der Waals surface area contributed by atoms with Crippen molar-refractivity contribution in [1.82, 2.24) is 5.32 Å². The fraction of sp³-hybridized carbons (Fsp3) is 0.474. The van der Waals surface area contributed by atoms with E-state index >= 15 is 0 Å². The molecule has 0 saturated heterocycles. The van der Waals surface area contributed by atoms with E-state index in [1.54, 1.807) is 0 Å². The number of fused-ring (bicyclic) bond motifs is 1. The van der Waals surface area contributed by atoms with Gasteiger partial charge in [0.2, 0.25) is 0 Å². The van der Waals surface area contributed by atoms with Crippen LogP contribution in [0.1, 0.15) is 45.6 Å². The van der Waals surface area contributed by atoms with Crippen LogP contribution in [-0.4, -0.2) is 12.6 Å². The second-order valence-electron chi connectivity index (χ2n) is 5.81. The zero-order valence-electron chi connectivity index (χ0n) is 13.5. The minimum atomic E-state index is 0.199. The molecule has 2 aromatic carbocycles. The molecule has 2 heteroatoms. The van der Waals surface area contributed by atoms with Gasteiger partial charge in [-0.05, 0) is 43.7 Å². The molecule has 0 amide bonds. The molecule has 0 aliphatic carbocycles. The lowest BCUT2D eigenvalue weighted by molar-refractivity contribution is 0.240. The van der Waals surface area contributed by atoms with Crippen LogP contribution in [0.3, 0.4) is 0 Å². The number of rotatable bonds is 8. The fourth-order valence-corrected chi connectivity index (χ4v) is 2.58. The summed E-state index contributed by atoms with van der Waals surface area (Å²) in [5.41, 5.74) is 1.28. The summed E-state index contributed by atoms with van der Waals surface area (Å²) in [6.45, 7) is 8.33. The molecule has 0 unspecified atom stereocenters. The predicted molar refractivity (Wildman–Crippen MR) is 90.9 cm³/mol. The van der Waals surface area contributed by atoms with Crippen LogP contribution in [0.15, 0.2) is 36.4 Å². The van der Waals surface area contributed by atoms with E-state index in [1.807, 2.05) is 0 Å². The fourth-order valence-electron chi connectivity index (χ4n) is 2.58. The van der Waals surface area contributed by atoms with Crippen molar-refractivity contribution in [2.24, 2.45) is 0 Å². The van der Waals surface area contributed by atoms with Gasteiger partial charge < -0.3 is 10.1 Å². The minimum Gasteiger partial charge on any atom is -0.491 e. The molecule has 0 aromatic heterocycles. The molecule has 0 bridgehead atoms. The van der Waals surface area contributed by atoms with Gasteiger partial charge in [-0.25, -0.2) is 0 Å². The zero-order valence-corrected chi connectivity index (χ0v) is 13.5. The number of hydrogen-bond acceptors (Lipinski definition) is 2. The summed E-state index contributed by atoms with van der Waals surface area (Å²) in [4.78, 5) is 0. The third-order valence-corrected chi connectivity index (χ3v) is 3.62. The molecule has 21 heavy (non-hydrogen) atoms. The van der Waals surface area contributed by atoms with Crippen molar-refractivity contribution in [3.63, 3.8) is 0 Å². The smallest absolute Gasteiger partial charge is 0.124 e. The predicted octanol–water partition coefficient (Wildman–Crippen LogP) is 4.91. The summed E-state index contributed by atoms with van der Waals surface area (Å²) in [6, 6.07) is 12.8. The Morgan fingerprint density at radius 2 is 1.86 bits per heavy atom. The largest absolute Gasteiger partial charge is 0.491 e. The van der Waals surface area contributed by atoms with Gasteiger partial charge in [-0.15, -0.1) is 0 Å². The first kappa shape index (κ1) is 15.8. The van der Waals surface area contributed by atoms with Gasteiger partial charge >= 0.3 is 0 Å². The van der Waals surface area contributed by atoms with Crippen molar-refractivity contribution >= 4 is 10.8 Å². The molecule has 2 aromatic rings. The summed E-state index contributed by atoms with van der Waals surface area (Å²) in [6.07, 6.45) is 3.99. The first-order valence-corrected chi connectivity index (χ1v) is 8.10. The van der Waals surface area contributed by atoms with Gasteiger partial charge in [0.1, 0.15) is 5.75 Å². The van der Waals surface area contributed by atoms with Gasteiger partial charge in [0.25, 0.3) is 0 Å². The van der Waals surface area contributed by atoms with Crippen LogP contribution in [0, 0.1) is 0 Å². The highest BCUT2D eigenvalue weighted by molar-refractivity contribution is 5.87. The Balaban J connectivity index is 2.19. The van der Waals surface area contributed by atoms with Crippen LogP contribution >= 0.6 is 0 Å². The van der Waals surface area contributed by atoms with Crippen molar-refractivity contribution in [1.29, 1.82) is 0 Å². The van der Waals surface area contributed by atoms with E-state index in [2.05, 4.69) is 62.5 Å². The maximum atomic E-state index is 5.99. The third kappa shape index (κ3) is 4.47. The maximum absolute atomic E-state index is 5.99. The number of hydrogen-bond donors (Lipinski definition) is 1. The molecular weight excluding hydrogens is 258 g/mol. The van der Waals surface area contributed by atoms with Gasteiger partial charge in [-0.1, -0.05) is 50.1 Å². The van der Waals surface area contributed by atoms with Crippen molar-refractivity contribution in [2.75, 3.05) is 6.54 Å². The molecule has 2 rings (SSSR count). The number of unbranched alkanes of at least 4 members (excludes halogenated alkanes) is 2. The summed E-state index contributed by atoms with van der Waals surface area (Å²) in [5.74, 6) is 1.01. The summed E-state index contributed by atoms with van der Waals surface area (Å²) in [5, 5.41) is 6.13. The van der Waals surface area contributed by atoms with E-state index in [4.69, 9.17) is 4.74 Å². The number of benzene rings is 2. The molecule has 114 valence electrons. The Morgan fingerprint density at radius 1 is 1.05 bits per heavy atom. The maximum Gasteiger partial charge on any atom is 0.124 e. The van der Waals surface area contributed by atoms with Gasteiger partial charge in [0, 0.05) is 12.1 Å². The lowest BCUT2D eigenvalue weighted by Gasteiger charge is -2.17. The minimum absolute atomic E-state index is 0.199. The number of ether oxygens (including phenoxy) is 1. The quantitative estimate of drug-likeness (QED) is 0.696. The number of nitrogens with one attached hydrogen (secondary N) is 1. The summed E-state index contributed by atoms with van der Waals surface area (Å²) >= 11 is 0. The summed E-state index contributed by atoms with van der Waals surface area (Å²) < 4.78 is 5.99. The summed E-state index contributed by atoms with van der Waals surface area (Å²) in [7, 11) is 0. The van der Waals surface area contributed by atoms with Gasteiger partial charge in [0.15, 0.2) is 0 Å². The molecule has 0 heterocycles. The van der Waals surface area contributed by atoms with Gasteiger partial charge in [0.05, 0.1) is 6.10 Å². The average molecular weight is 285 g/mol. The lowest BCUT2D eigenvalue weighted by Crippen LogP contribution is -2.17. The van der Waals surface area contributed by atoms with Crippen LogP contribution in [0.4, 0.5) is 0 Å². The van der Waals surface area contributed by atoms with Crippen LogP contribution in [0.2, 0.25) is 0 Å². The monoisotopic (exact) mass is 285 g/mol. The molecule has 0 aliphatic rings. The topological polar surface area (TPSA) is 21.3 Å². The SMILES string of the molecule is CCCCCNCc1c(OC(C)C)ccc2ccccc12. The van der Waals surface area contributed by atoms with Crippen LogP contribution in [-0.2, 0) is 6.54 Å². The normalized spacial score (nSPS) is 11.2. The molecule has 2 nitrogen and oxygen atoms in total. The first-order chi connectivity index (χ1) is 10.2. The van der Waals surface area contributed by atoms with E-state index in [-0.39, 0.29) is 6.10 Å². The van der Waals surface area contributed by atoms with Crippen LogP contribution < -0.4 is 10.1 Å². The molecule has 1 N–H and O–H groups in total.